The smallest absolute Gasteiger partial charge is 0.429 e. The van der Waals surface area contributed by atoms with E-state index < -0.39 is 69.3 Å². The summed E-state index contributed by atoms with van der Waals surface area (Å²) in [4.78, 5) is 0. The molecule has 0 spiro atoms. The first-order chi connectivity index (χ1) is 17.4. The van der Waals surface area contributed by atoms with E-state index >= 15 is 0 Å². The third-order valence-corrected chi connectivity index (χ3v) is 7.35. The molecule has 0 amide bonds. The minimum Gasteiger partial charge on any atom is -0.429 e. The number of hydrogen-bond donors (Lipinski definition) is 0. The van der Waals surface area contributed by atoms with E-state index in [4.69, 9.17) is 0 Å². The molecule has 0 saturated heterocycles. The fraction of sp³-hybridized carbons (Fsp3) is 0.333. The Hall–Kier alpha value is -3.17. The molecule has 0 heterocycles. The zero-order valence-corrected chi connectivity index (χ0v) is 19.0. The largest absolute Gasteiger partial charge is 0.432 e. The highest BCUT2D eigenvalue weighted by atomic mass is 19.3. The molecule has 2 aliphatic rings. The molecular formula is C27H19F9O. The van der Waals surface area contributed by atoms with Crippen molar-refractivity contribution in [2.75, 3.05) is 0 Å². The summed E-state index contributed by atoms with van der Waals surface area (Å²) < 4.78 is 132. The summed E-state index contributed by atoms with van der Waals surface area (Å²) in [6.45, 7) is 0. The Morgan fingerprint density at radius 2 is 1.16 bits per heavy atom. The van der Waals surface area contributed by atoms with E-state index in [9.17, 15) is 39.5 Å². The Kier molecular flexibility index (Phi) is 6.40. The maximum atomic E-state index is 15.0. The molecule has 196 valence electrons. The van der Waals surface area contributed by atoms with Crippen LogP contribution in [0.4, 0.5) is 39.5 Å². The van der Waals surface area contributed by atoms with Crippen LogP contribution in [-0.4, -0.2) is 0 Å². The molecule has 2 atom stereocenters. The molecule has 0 bridgehead atoms. The van der Waals surface area contributed by atoms with Gasteiger partial charge >= 0.3 is 6.11 Å². The normalized spacial score (nSPS) is 21.4. The van der Waals surface area contributed by atoms with Crippen LogP contribution in [0, 0.1) is 52.6 Å². The van der Waals surface area contributed by atoms with E-state index in [1.165, 1.54) is 0 Å². The van der Waals surface area contributed by atoms with Crippen molar-refractivity contribution in [2.45, 2.75) is 44.1 Å². The molecule has 10 heteroatoms. The zero-order valence-electron chi connectivity index (χ0n) is 19.0. The fourth-order valence-corrected chi connectivity index (χ4v) is 5.72. The second-order valence-corrected chi connectivity index (χ2v) is 9.61. The van der Waals surface area contributed by atoms with Crippen molar-refractivity contribution in [3.63, 3.8) is 0 Å². The van der Waals surface area contributed by atoms with Crippen LogP contribution in [0.1, 0.15) is 49.1 Å². The van der Waals surface area contributed by atoms with Gasteiger partial charge in [0.25, 0.3) is 0 Å². The average Bonchev–Trinajstić information content (AvgIpc) is 3.38. The van der Waals surface area contributed by atoms with Crippen molar-refractivity contribution in [1.29, 1.82) is 0 Å². The number of halogens is 9. The second kappa shape index (κ2) is 9.29. The average molecular weight is 530 g/mol. The Morgan fingerprint density at radius 3 is 1.68 bits per heavy atom. The Morgan fingerprint density at radius 1 is 0.649 bits per heavy atom. The van der Waals surface area contributed by atoms with E-state index in [-0.39, 0.29) is 18.1 Å². The van der Waals surface area contributed by atoms with E-state index in [2.05, 4.69) is 4.74 Å². The summed E-state index contributed by atoms with van der Waals surface area (Å²) in [5.74, 6) is -12.0. The molecule has 0 N–H and O–H groups in total. The van der Waals surface area contributed by atoms with Crippen LogP contribution in [0.15, 0.2) is 36.4 Å². The second-order valence-electron chi connectivity index (χ2n) is 9.61. The van der Waals surface area contributed by atoms with Gasteiger partial charge in [-0.3, -0.25) is 0 Å². The summed E-state index contributed by atoms with van der Waals surface area (Å²) in [7, 11) is 0. The summed E-state index contributed by atoms with van der Waals surface area (Å²) in [5, 5.41) is 0. The number of benzene rings is 3. The molecule has 1 nitrogen and oxygen atoms in total. The summed E-state index contributed by atoms with van der Waals surface area (Å²) in [5.41, 5.74) is -2.99. The van der Waals surface area contributed by atoms with Gasteiger partial charge in [-0.05, 0) is 66.0 Å². The van der Waals surface area contributed by atoms with Gasteiger partial charge < -0.3 is 4.74 Å². The third-order valence-electron chi connectivity index (χ3n) is 7.35. The van der Waals surface area contributed by atoms with Crippen LogP contribution < -0.4 is 4.74 Å². The van der Waals surface area contributed by atoms with Gasteiger partial charge in [-0.25, -0.2) is 30.7 Å². The standard InChI is InChI=1S/C27H19F9O/c28-18-6-15(14-4-12-2-1-3-13(12)5-14)7-19(29)24(18)16-8-20(30)25(21(31)9-16)27(35,36)37-17-10-22(32)26(34)23(33)11-17/h6-14H,1-5H2. The molecule has 2 unspecified atom stereocenters. The minimum atomic E-state index is -4.81. The minimum absolute atomic E-state index is 0.0406. The molecule has 2 fully saturated rings. The van der Waals surface area contributed by atoms with Crippen LogP contribution in [0.3, 0.4) is 0 Å². The summed E-state index contributed by atoms with van der Waals surface area (Å²) in [6.07, 6.45) is 0.0854. The molecule has 0 aromatic heterocycles. The predicted octanol–water partition coefficient (Wildman–Crippen LogP) is 8.75. The van der Waals surface area contributed by atoms with Gasteiger partial charge in [-0.15, -0.1) is 0 Å². The number of hydrogen-bond acceptors (Lipinski definition) is 1. The summed E-state index contributed by atoms with van der Waals surface area (Å²) in [6, 6.07) is 2.96. The van der Waals surface area contributed by atoms with Crippen molar-refractivity contribution in [2.24, 2.45) is 11.8 Å². The first kappa shape index (κ1) is 25.5. The highest BCUT2D eigenvalue weighted by Gasteiger charge is 2.42. The quantitative estimate of drug-likeness (QED) is 0.237. The first-order valence-electron chi connectivity index (χ1n) is 11.6. The Balaban J connectivity index is 1.45. The zero-order chi connectivity index (χ0) is 26.6. The monoisotopic (exact) mass is 530 g/mol. The van der Waals surface area contributed by atoms with E-state index in [1.807, 2.05) is 0 Å². The maximum Gasteiger partial charge on any atom is 0.432 e. The lowest BCUT2D eigenvalue weighted by Gasteiger charge is -2.20. The predicted molar refractivity (Wildman–Crippen MR) is 115 cm³/mol. The lowest BCUT2D eigenvalue weighted by Crippen LogP contribution is -2.25. The van der Waals surface area contributed by atoms with Crippen molar-refractivity contribution >= 4 is 0 Å². The van der Waals surface area contributed by atoms with Crippen LogP contribution >= 0.6 is 0 Å². The van der Waals surface area contributed by atoms with E-state index in [1.54, 1.807) is 0 Å². The van der Waals surface area contributed by atoms with Gasteiger partial charge in [-0.1, -0.05) is 19.3 Å². The van der Waals surface area contributed by atoms with Crippen LogP contribution in [-0.2, 0) is 6.11 Å². The first-order valence-corrected chi connectivity index (χ1v) is 11.6. The fourth-order valence-electron chi connectivity index (χ4n) is 5.72. The highest BCUT2D eigenvalue weighted by molar-refractivity contribution is 5.66. The van der Waals surface area contributed by atoms with Gasteiger partial charge in [0.2, 0.25) is 0 Å². The molecule has 3 aromatic carbocycles. The number of alkyl halides is 2. The molecule has 0 radical (unpaired) electrons. The molecule has 2 aliphatic carbocycles. The lowest BCUT2D eigenvalue weighted by molar-refractivity contribution is -0.189. The van der Waals surface area contributed by atoms with Gasteiger partial charge in [0.1, 0.15) is 34.6 Å². The van der Waals surface area contributed by atoms with Crippen molar-refractivity contribution in [3.8, 4) is 16.9 Å². The van der Waals surface area contributed by atoms with Crippen molar-refractivity contribution in [1.82, 2.24) is 0 Å². The number of fused-ring (bicyclic) bond motifs is 1. The van der Waals surface area contributed by atoms with E-state index in [0.717, 1.165) is 44.2 Å². The third kappa shape index (κ3) is 4.66. The Labute approximate surface area is 205 Å². The topological polar surface area (TPSA) is 9.23 Å². The molecular weight excluding hydrogens is 511 g/mol. The summed E-state index contributed by atoms with van der Waals surface area (Å²) >= 11 is 0. The lowest BCUT2D eigenvalue weighted by atomic mass is 9.92. The Bertz CT molecular complexity index is 1290. The van der Waals surface area contributed by atoms with Crippen molar-refractivity contribution in [3.05, 3.63) is 88.2 Å². The molecule has 2 saturated carbocycles. The molecule has 5 rings (SSSR count). The highest BCUT2D eigenvalue weighted by Crippen LogP contribution is 2.51. The maximum absolute atomic E-state index is 15.0. The van der Waals surface area contributed by atoms with Gasteiger partial charge in [0.05, 0.1) is 5.56 Å². The molecule has 3 aromatic rings. The molecule has 0 aliphatic heterocycles. The number of ether oxygens (including phenoxy) is 1. The molecule has 37 heavy (non-hydrogen) atoms. The van der Waals surface area contributed by atoms with Gasteiger partial charge in [0.15, 0.2) is 17.5 Å². The van der Waals surface area contributed by atoms with Crippen LogP contribution in [0.2, 0.25) is 0 Å². The van der Waals surface area contributed by atoms with Gasteiger partial charge in [0, 0.05) is 12.1 Å². The SMILES string of the molecule is Fc1cc(OC(F)(F)c2c(F)cc(-c3c(F)cc(C4CC5CCCC5C4)cc3F)cc2F)cc(F)c1F. The number of rotatable bonds is 5. The van der Waals surface area contributed by atoms with Crippen molar-refractivity contribution < 1.29 is 44.3 Å². The van der Waals surface area contributed by atoms with E-state index in [0.29, 0.717) is 29.5 Å². The van der Waals surface area contributed by atoms with Crippen LogP contribution in [0.5, 0.6) is 5.75 Å². The van der Waals surface area contributed by atoms with Gasteiger partial charge in [-0.2, -0.15) is 8.78 Å². The van der Waals surface area contributed by atoms with Crippen LogP contribution in [0.25, 0.3) is 11.1 Å².